The number of anilines is 1. The van der Waals surface area contributed by atoms with Crippen LogP contribution in [0.4, 0.5) is 5.82 Å². The molecule has 0 radical (unpaired) electrons. The predicted molar refractivity (Wildman–Crippen MR) is 85.9 cm³/mol. The monoisotopic (exact) mass is 321 g/mol. The molecule has 2 rings (SSSR count). The molecule has 1 saturated heterocycles. The van der Waals surface area contributed by atoms with Crippen LogP contribution in [0.2, 0.25) is 0 Å². The van der Waals surface area contributed by atoms with Gasteiger partial charge in [0, 0.05) is 6.20 Å². The summed E-state index contributed by atoms with van der Waals surface area (Å²) in [6.45, 7) is 5.70. The molecular formula is C16H23N3O4. The van der Waals surface area contributed by atoms with Crippen LogP contribution < -0.4 is 11.0 Å². The third-order valence-electron chi connectivity index (χ3n) is 3.65. The molecule has 1 aromatic heterocycles. The summed E-state index contributed by atoms with van der Waals surface area (Å²) in [5.74, 6) is 0.144. The Bertz CT molecular complexity index is 638. The molecule has 0 aromatic carbocycles. The molecule has 7 heteroatoms. The summed E-state index contributed by atoms with van der Waals surface area (Å²) in [7, 11) is 0. The lowest BCUT2D eigenvalue weighted by molar-refractivity contribution is -0.139. The van der Waals surface area contributed by atoms with Crippen molar-refractivity contribution in [2.24, 2.45) is 5.92 Å². The second-order valence-electron chi connectivity index (χ2n) is 6.04. The van der Waals surface area contributed by atoms with Crippen molar-refractivity contribution in [1.29, 1.82) is 0 Å². The average molecular weight is 321 g/mol. The van der Waals surface area contributed by atoms with Crippen LogP contribution in [0.5, 0.6) is 0 Å². The van der Waals surface area contributed by atoms with Crippen molar-refractivity contribution in [2.45, 2.75) is 52.0 Å². The van der Waals surface area contributed by atoms with E-state index in [1.807, 2.05) is 13.8 Å². The number of amides is 1. The third kappa shape index (κ3) is 4.74. The van der Waals surface area contributed by atoms with Crippen molar-refractivity contribution in [3.8, 4) is 0 Å². The van der Waals surface area contributed by atoms with Gasteiger partial charge in [-0.2, -0.15) is 4.98 Å². The molecule has 3 atom stereocenters. The lowest BCUT2D eigenvalue weighted by atomic mass is 10.1. The van der Waals surface area contributed by atoms with E-state index < -0.39 is 18.0 Å². The van der Waals surface area contributed by atoms with Gasteiger partial charge in [-0.25, -0.2) is 4.79 Å². The Hall–Kier alpha value is -1.99. The fourth-order valence-electron chi connectivity index (χ4n) is 2.31. The number of aliphatic hydroxyl groups is 1. The van der Waals surface area contributed by atoms with Gasteiger partial charge in [-0.3, -0.25) is 9.36 Å². The van der Waals surface area contributed by atoms with Crippen molar-refractivity contribution in [2.75, 3.05) is 5.32 Å². The standard InChI is InChI=1S/C16H23N3O4/c1-10(2)4-6-14(21)17-13-8-9-19(16(22)18-13)15-7-5-12(20)11(3)23-15/h4,6,8-12,15,20H,5,7H2,1-3H3,(H,17,18,21,22)/b6-4+/t11-,12+,15-/m1/s1. The van der Waals surface area contributed by atoms with Gasteiger partial charge >= 0.3 is 5.69 Å². The van der Waals surface area contributed by atoms with Gasteiger partial charge in [0.1, 0.15) is 12.0 Å². The van der Waals surface area contributed by atoms with E-state index in [2.05, 4.69) is 10.3 Å². The first-order valence-corrected chi connectivity index (χ1v) is 7.78. The highest BCUT2D eigenvalue weighted by atomic mass is 16.5. The first-order chi connectivity index (χ1) is 10.9. The number of carbonyl (C=O) groups excluding carboxylic acids is 1. The summed E-state index contributed by atoms with van der Waals surface area (Å²) in [6, 6.07) is 1.56. The summed E-state index contributed by atoms with van der Waals surface area (Å²) in [4.78, 5) is 27.7. The molecule has 0 saturated carbocycles. The van der Waals surface area contributed by atoms with Crippen molar-refractivity contribution >= 4 is 11.7 Å². The molecule has 1 amide bonds. The highest BCUT2D eigenvalue weighted by Gasteiger charge is 2.28. The van der Waals surface area contributed by atoms with E-state index >= 15 is 0 Å². The first-order valence-electron chi connectivity index (χ1n) is 7.78. The van der Waals surface area contributed by atoms with Gasteiger partial charge in [0.2, 0.25) is 5.91 Å². The summed E-state index contributed by atoms with van der Waals surface area (Å²) in [5.41, 5.74) is -0.496. The average Bonchev–Trinajstić information content (AvgIpc) is 2.48. The van der Waals surface area contributed by atoms with Gasteiger partial charge in [-0.05, 0) is 37.8 Å². The van der Waals surface area contributed by atoms with Crippen molar-refractivity contribution in [3.63, 3.8) is 0 Å². The molecule has 0 bridgehead atoms. The van der Waals surface area contributed by atoms with Crippen molar-refractivity contribution in [1.82, 2.24) is 9.55 Å². The minimum atomic E-state index is -0.513. The Morgan fingerprint density at radius 3 is 2.87 bits per heavy atom. The van der Waals surface area contributed by atoms with Crippen LogP contribution in [-0.4, -0.2) is 32.8 Å². The molecule has 1 aliphatic heterocycles. The number of aliphatic hydroxyl groups excluding tert-OH is 1. The quantitative estimate of drug-likeness (QED) is 0.819. The maximum absolute atomic E-state index is 12.1. The van der Waals surface area contributed by atoms with Crippen molar-refractivity contribution in [3.05, 3.63) is 34.9 Å². The zero-order valence-electron chi connectivity index (χ0n) is 13.6. The molecular weight excluding hydrogens is 298 g/mol. The normalized spacial score (nSPS) is 25.0. The van der Waals surface area contributed by atoms with Crippen LogP contribution in [0.1, 0.15) is 39.8 Å². The van der Waals surface area contributed by atoms with E-state index in [0.29, 0.717) is 12.8 Å². The largest absolute Gasteiger partial charge is 0.390 e. The maximum Gasteiger partial charge on any atom is 0.351 e. The fourth-order valence-corrected chi connectivity index (χ4v) is 2.31. The number of nitrogens with one attached hydrogen (secondary N) is 1. The van der Waals surface area contributed by atoms with E-state index in [1.165, 1.54) is 10.6 Å². The molecule has 2 N–H and O–H groups in total. The Kier molecular flexibility index (Phi) is 5.68. The topological polar surface area (TPSA) is 93.5 Å². The third-order valence-corrected chi connectivity index (χ3v) is 3.65. The number of allylic oxidation sites excluding steroid dienone is 1. The molecule has 0 aliphatic carbocycles. The molecule has 2 heterocycles. The summed E-state index contributed by atoms with van der Waals surface area (Å²) in [5, 5.41) is 12.2. The van der Waals surface area contributed by atoms with Crippen LogP contribution >= 0.6 is 0 Å². The summed E-state index contributed by atoms with van der Waals surface area (Å²) in [6.07, 6.45) is 4.55. The highest BCUT2D eigenvalue weighted by molar-refractivity contribution is 5.98. The molecule has 23 heavy (non-hydrogen) atoms. The number of hydrogen-bond donors (Lipinski definition) is 2. The van der Waals surface area contributed by atoms with Gasteiger partial charge in [0.05, 0.1) is 12.2 Å². The molecule has 7 nitrogen and oxygen atoms in total. The van der Waals surface area contributed by atoms with E-state index in [-0.39, 0.29) is 23.7 Å². The number of hydrogen-bond acceptors (Lipinski definition) is 5. The van der Waals surface area contributed by atoms with Crippen LogP contribution in [0.25, 0.3) is 0 Å². The highest BCUT2D eigenvalue weighted by Crippen LogP contribution is 2.25. The van der Waals surface area contributed by atoms with Crippen LogP contribution in [0, 0.1) is 5.92 Å². The number of rotatable bonds is 4. The first kappa shape index (κ1) is 17.4. The second-order valence-corrected chi connectivity index (χ2v) is 6.04. The van der Waals surface area contributed by atoms with Crippen molar-refractivity contribution < 1.29 is 14.6 Å². The fraction of sp³-hybridized carbons (Fsp3) is 0.562. The molecule has 1 fully saturated rings. The molecule has 1 aromatic rings. The Morgan fingerprint density at radius 1 is 1.52 bits per heavy atom. The van der Waals surface area contributed by atoms with Gasteiger partial charge in [0.15, 0.2) is 0 Å². The van der Waals surface area contributed by atoms with E-state index in [9.17, 15) is 14.7 Å². The molecule has 0 spiro atoms. The maximum atomic E-state index is 12.1. The zero-order chi connectivity index (χ0) is 17.0. The van der Waals surface area contributed by atoms with Gasteiger partial charge in [-0.15, -0.1) is 0 Å². The lowest BCUT2D eigenvalue weighted by Crippen LogP contribution is -2.39. The number of ether oxygens (including phenoxy) is 1. The number of carbonyl (C=O) groups is 1. The summed E-state index contributed by atoms with van der Waals surface area (Å²) < 4.78 is 7.00. The number of nitrogens with zero attached hydrogens (tertiary/aromatic N) is 2. The molecule has 1 aliphatic rings. The van der Waals surface area contributed by atoms with E-state index in [4.69, 9.17) is 4.74 Å². The van der Waals surface area contributed by atoms with Crippen LogP contribution in [-0.2, 0) is 9.53 Å². The van der Waals surface area contributed by atoms with Gasteiger partial charge < -0.3 is 15.2 Å². The van der Waals surface area contributed by atoms with E-state index in [0.717, 1.165) is 0 Å². The smallest absolute Gasteiger partial charge is 0.351 e. The molecule has 126 valence electrons. The zero-order valence-corrected chi connectivity index (χ0v) is 13.6. The predicted octanol–water partition coefficient (Wildman–Crippen LogP) is 1.45. The Balaban J connectivity index is 2.06. The Morgan fingerprint density at radius 2 is 2.26 bits per heavy atom. The van der Waals surface area contributed by atoms with Gasteiger partial charge in [0.25, 0.3) is 0 Å². The minimum Gasteiger partial charge on any atom is -0.390 e. The van der Waals surface area contributed by atoms with E-state index in [1.54, 1.807) is 25.3 Å². The Labute approximate surface area is 135 Å². The molecule has 0 unspecified atom stereocenters. The SMILES string of the molecule is CC(C)/C=C/C(=O)Nc1ccn([C@H]2CC[C@H](O)[C@@H](C)O2)c(=O)n1. The number of aromatic nitrogens is 2. The lowest BCUT2D eigenvalue weighted by Gasteiger charge is -2.32. The second kappa shape index (κ2) is 7.52. The minimum absolute atomic E-state index is 0.202. The summed E-state index contributed by atoms with van der Waals surface area (Å²) >= 11 is 0. The van der Waals surface area contributed by atoms with Crippen LogP contribution in [0.15, 0.2) is 29.2 Å². The van der Waals surface area contributed by atoms with Crippen LogP contribution in [0.3, 0.4) is 0 Å². The van der Waals surface area contributed by atoms with Gasteiger partial charge in [-0.1, -0.05) is 19.9 Å².